The predicted molar refractivity (Wildman–Crippen MR) is 106 cm³/mol. The quantitative estimate of drug-likeness (QED) is 0.567. The number of esters is 1. The van der Waals surface area contributed by atoms with Gasteiger partial charge in [-0.2, -0.15) is 5.10 Å². The molecule has 0 atom stereocenters. The molecule has 0 aliphatic carbocycles. The van der Waals surface area contributed by atoms with Crippen LogP contribution < -0.4 is 5.32 Å². The maximum atomic E-state index is 12.8. The van der Waals surface area contributed by atoms with Crippen LogP contribution in [0.2, 0.25) is 0 Å². The SMILES string of the molecule is CCc1nn(CCCOC(=O)c2cc(C)no2)c2c1C(=O)NCC1(CCOCC1)C2. The fourth-order valence-electron chi connectivity index (χ4n) is 4.27. The van der Waals surface area contributed by atoms with Gasteiger partial charge in [0.15, 0.2) is 0 Å². The number of rotatable bonds is 6. The number of fused-ring (bicyclic) bond motifs is 1. The monoisotopic (exact) mass is 416 g/mol. The summed E-state index contributed by atoms with van der Waals surface area (Å²) in [5, 5.41) is 11.5. The number of amides is 1. The lowest BCUT2D eigenvalue weighted by Crippen LogP contribution is -2.40. The molecule has 1 saturated heterocycles. The van der Waals surface area contributed by atoms with E-state index in [4.69, 9.17) is 19.1 Å². The minimum atomic E-state index is -0.523. The molecule has 0 aromatic carbocycles. The van der Waals surface area contributed by atoms with Gasteiger partial charge >= 0.3 is 5.97 Å². The highest BCUT2D eigenvalue weighted by molar-refractivity contribution is 5.97. The standard InChI is InChI=1S/C21H28N4O5/c1-3-15-18-16(12-21(13-22-19(18)26)5-9-28-10-6-21)25(23-15)7-4-8-29-20(27)17-11-14(2)24-30-17/h11H,3-10,12-13H2,1-2H3,(H,22,26). The molecule has 0 bridgehead atoms. The van der Waals surface area contributed by atoms with E-state index in [1.165, 1.54) is 0 Å². The van der Waals surface area contributed by atoms with Gasteiger partial charge in [0.2, 0.25) is 5.76 Å². The Morgan fingerprint density at radius 3 is 2.87 bits per heavy atom. The third-order valence-electron chi connectivity index (χ3n) is 5.99. The van der Waals surface area contributed by atoms with Crippen LogP contribution >= 0.6 is 0 Å². The van der Waals surface area contributed by atoms with Crippen molar-refractivity contribution in [3.63, 3.8) is 0 Å². The first-order valence-electron chi connectivity index (χ1n) is 10.6. The molecule has 2 aromatic heterocycles. The van der Waals surface area contributed by atoms with Gasteiger partial charge in [-0.15, -0.1) is 0 Å². The fraction of sp³-hybridized carbons (Fsp3) is 0.619. The molecule has 9 nitrogen and oxygen atoms in total. The summed E-state index contributed by atoms with van der Waals surface area (Å²) in [6, 6.07) is 1.55. The van der Waals surface area contributed by atoms with Crippen molar-refractivity contribution < 1.29 is 23.6 Å². The number of carbonyl (C=O) groups is 2. The summed E-state index contributed by atoms with van der Waals surface area (Å²) in [6.45, 7) is 6.67. The molecule has 2 aromatic rings. The minimum absolute atomic E-state index is 0.0125. The highest BCUT2D eigenvalue weighted by Gasteiger charge is 2.39. The number of nitrogens with zero attached hydrogens (tertiary/aromatic N) is 3. The van der Waals surface area contributed by atoms with Gasteiger partial charge in [-0.05, 0) is 38.0 Å². The number of aryl methyl sites for hydroxylation is 3. The summed E-state index contributed by atoms with van der Waals surface area (Å²) in [7, 11) is 0. The molecule has 0 saturated carbocycles. The number of ether oxygens (including phenoxy) is 2. The van der Waals surface area contributed by atoms with Gasteiger partial charge < -0.3 is 19.3 Å². The number of hydrogen-bond acceptors (Lipinski definition) is 7. The summed E-state index contributed by atoms with van der Waals surface area (Å²) >= 11 is 0. The largest absolute Gasteiger partial charge is 0.460 e. The first-order valence-corrected chi connectivity index (χ1v) is 10.6. The van der Waals surface area contributed by atoms with Crippen LogP contribution in [0.3, 0.4) is 0 Å². The Morgan fingerprint density at radius 2 is 2.17 bits per heavy atom. The van der Waals surface area contributed by atoms with E-state index in [2.05, 4.69) is 10.5 Å². The van der Waals surface area contributed by atoms with Crippen LogP contribution in [0.25, 0.3) is 0 Å². The average Bonchev–Trinajstić information content (AvgIpc) is 3.30. The molecule has 1 N–H and O–H groups in total. The molecule has 162 valence electrons. The van der Waals surface area contributed by atoms with Gasteiger partial charge in [0, 0.05) is 38.8 Å². The predicted octanol–water partition coefficient (Wildman–Crippen LogP) is 2.07. The van der Waals surface area contributed by atoms with E-state index in [9.17, 15) is 9.59 Å². The molecule has 4 rings (SSSR count). The molecular weight excluding hydrogens is 388 g/mol. The van der Waals surface area contributed by atoms with Crippen LogP contribution in [-0.2, 0) is 28.9 Å². The summed E-state index contributed by atoms with van der Waals surface area (Å²) in [4.78, 5) is 24.8. The molecule has 0 radical (unpaired) electrons. The lowest BCUT2D eigenvalue weighted by atomic mass is 9.76. The van der Waals surface area contributed by atoms with Gasteiger partial charge in [-0.3, -0.25) is 9.48 Å². The van der Waals surface area contributed by atoms with E-state index in [-0.39, 0.29) is 23.7 Å². The first kappa shape index (κ1) is 20.6. The molecule has 4 heterocycles. The van der Waals surface area contributed by atoms with Gasteiger partial charge in [0.25, 0.3) is 5.91 Å². The number of nitrogens with one attached hydrogen (secondary N) is 1. The molecular formula is C21H28N4O5. The molecule has 1 amide bonds. The van der Waals surface area contributed by atoms with E-state index in [0.29, 0.717) is 31.6 Å². The molecule has 30 heavy (non-hydrogen) atoms. The third-order valence-corrected chi connectivity index (χ3v) is 5.99. The maximum absolute atomic E-state index is 12.8. The van der Waals surface area contributed by atoms with E-state index in [0.717, 1.165) is 49.4 Å². The van der Waals surface area contributed by atoms with Crippen LogP contribution in [0.5, 0.6) is 0 Å². The van der Waals surface area contributed by atoms with Gasteiger partial charge in [-0.25, -0.2) is 4.79 Å². The number of carbonyl (C=O) groups excluding carboxylic acids is 2. The van der Waals surface area contributed by atoms with Crippen LogP contribution in [0, 0.1) is 12.3 Å². The Labute approximate surface area is 175 Å². The average molecular weight is 416 g/mol. The van der Waals surface area contributed by atoms with Crippen LogP contribution in [-0.4, -0.2) is 53.2 Å². The van der Waals surface area contributed by atoms with Crippen molar-refractivity contribution in [2.75, 3.05) is 26.4 Å². The Morgan fingerprint density at radius 1 is 1.37 bits per heavy atom. The number of aromatic nitrogens is 3. The second-order valence-corrected chi connectivity index (χ2v) is 8.14. The van der Waals surface area contributed by atoms with Crippen molar-refractivity contribution in [2.24, 2.45) is 5.41 Å². The lowest BCUT2D eigenvalue weighted by Gasteiger charge is -2.36. The van der Waals surface area contributed by atoms with Gasteiger partial charge in [-0.1, -0.05) is 12.1 Å². The van der Waals surface area contributed by atoms with Gasteiger partial charge in [0.05, 0.1) is 29.3 Å². The van der Waals surface area contributed by atoms with Crippen molar-refractivity contribution in [2.45, 2.75) is 52.5 Å². The zero-order valence-electron chi connectivity index (χ0n) is 17.5. The highest BCUT2D eigenvalue weighted by Crippen LogP contribution is 2.37. The Balaban J connectivity index is 1.46. The second kappa shape index (κ2) is 8.59. The summed E-state index contributed by atoms with van der Waals surface area (Å²) in [5.74, 6) is -0.458. The first-order chi connectivity index (χ1) is 14.5. The molecule has 1 spiro atoms. The van der Waals surface area contributed by atoms with Crippen LogP contribution in [0.4, 0.5) is 0 Å². The third kappa shape index (κ3) is 4.12. The van der Waals surface area contributed by atoms with E-state index < -0.39 is 5.97 Å². The van der Waals surface area contributed by atoms with E-state index >= 15 is 0 Å². The maximum Gasteiger partial charge on any atom is 0.377 e. The fourth-order valence-corrected chi connectivity index (χ4v) is 4.27. The van der Waals surface area contributed by atoms with Crippen molar-refractivity contribution in [1.82, 2.24) is 20.3 Å². The van der Waals surface area contributed by atoms with Crippen molar-refractivity contribution in [3.8, 4) is 0 Å². The normalized spacial score (nSPS) is 18.0. The summed E-state index contributed by atoms with van der Waals surface area (Å²) in [6.07, 6.45) is 3.93. The van der Waals surface area contributed by atoms with Crippen molar-refractivity contribution in [3.05, 3.63) is 34.5 Å². The Hall–Kier alpha value is -2.68. The summed E-state index contributed by atoms with van der Waals surface area (Å²) in [5.41, 5.74) is 3.17. The van der Waals surface area contributed by atoms with Crippen LogP contribution in [0.15, 0.2) is 10.6 Å². The van der Waals surface area contributed by atoms with E-state index in [1.807, 2.05) is 11.6 Å². The molecule has 1 fully saturated rings. The lowest BCUT2D eigenvalue weighted by molar-refractivity contribution is 0.0152. The Bertz CT molecular complexity index is 926. The van der Waals surface area contributed by atoms with Crippen molar-refractivity contribution in [1.29, 1.82) is 0 Å². The van der Waals surface area contributed by atoms with Crippen LogP contribution in [0.1, 0.15) is 64.2 Å². The van der Waals surface area contributed by atoms with E-state index in [1.54, 1.807) is 13.0 Å². The zero-order chi connectivity index (χ0) is 21.1. The Kier molecular flexibility index (Phi) is 5.90. The topological polar surface area (TPSA) is 108 Å². The zero-order valence-corrected chi connectivity index (χ0v) is 17.5. The smallest absolute Gasteiger partial charge is 0.377 e. The second-order valence-electron chi connectivity index (χ2n) is 8.14. The highest BCUT2D eigenvalue weighted by atomic mass is 16.6. The molecule has 2 aliphatic rings. The minimum Gasteiger partial charge on any atom is -0.460 e. The number of hydrogen-bond donors (Lipinski definition) is 1. The molecule has 9 heteroatoms. The molecule has 2 aliphatic heterocycles. The molecule has 0 unspecified atom stereocenters. The van der Waals surface area contributed by atoms with Gasteiger partial charge in [0.1, 0.15) is 0 Å². The summed E-state index contributed by atoms with van der Waals surface area (Å²) < 4.78 is 17.7. The van der Waals surface area contributed by atoms with Crippen molar-refractivity contribution >= 4 is 11.9 Å².